The minimum atomic E-state index is -0.155. The lowest BCUT2D eigenvalue weighted by atomic mass is 9.64. The molecule has 2 N–H and O–H groups in total. The van der Waals surface area contributed by atoms with Gasteiger partial charge in [0.2, 0.25) is 0 Å². The van der Waals surface area contributed by atoms with Crippen LogP contribution in [0.1, 0.15) is 37.3 Å². The first-order chi connectivity index (χ1) is 7.59. The topological polar surface area (TPSA) is 35.2 Å². The molecule has 1 aromatic carbocycles. The van der Waals surface area contributed by atoms with Crippen molar-refractivity contribution in [3.05, 3.63) is 29.3 Å². The Hall–Kier alpha value is -1.02. The third-order valence-corrected chi connectivity index (χ3v) is 3.77. The first kappa shape index (κ1) is 11.5. The molecule has 0 bridgehead atoms. The fraction of sp³-hybridized carbons (Fsp3) is 0.571. The van der Waals surface area contributed by atoms with Crippen LogP contribution in [0.2, 0.25) is 0 Å². The van der Waals surface area contributed by atoms with E-state index in [1.807, 2.05) is 6.07 Å². The standard InChI is InChI=1S/C14H21NO/c1-4-11-8-14(15,9-11)12-7-10(2)5-6-13(12)16-3/h5-7,11H,4,8-9,15H2,1-3H3. The first-order valence-corrected chi connectivity index (χ1v) is 6.03. The SMILES string of the molecule is CCC1CC(N)(c2cc(C)ccc2OC)C1. The molecule has 1 saturated carbocycles. The van der Waals surface area contributed by atoms with Gasteiger partial charge >= 0.3 is 0 Å². The van der Waals surface area contributed by atoms with Gasteiger partial charge in [0.05, 0.1) is 7.11 Å². The summed E-state index contributed by atoms with van der Waals surface area (Å²) in [6.07, 6.45) is 3.40. The molecule has 1 fully saturated rings. The van der Waals surface area contributed by atoms with E-state index in [0.717, 1.165) is 24.5 Å². The fourth-order valence-electron chi connectivity index (χ4n) is 2.69. The molecule has 0 amide bonds. The molecular weight excluding hydrogens is 198 g/mol. The summed E-state index contributed by atoms with van der Waals surface area (Å²) in [6.45, 7) is 4.33. The van der Waals surface area contributed by atoms with Gasteiger partial charge < -0.3 is 10.5 Å². The maximum Gasteiger partial charge on any atom is 0.123 e. The van der Waals surface area contributed by atoms with E-state index >= 15 is 0 Å². The summed E-state index contributed by atoms with van der Waals surface area (Å²) in [5.41, 5.74) is 8.73. The van der Waals surface area contributed by atoms with Crippen LogP contribution in [0.25, 0.3) is 0 Å². The molecule has 2 rings (SSSR count). The lowest BCUT2D eigenvalue weighted by Crippen LogP contribution is -2.48. The van der Waals surface area contributed by atoms with Crippen molar-refractivity contribution in [3.8, 4) is 5.75 Å². The molecule has 1 aliphatic carbocycles. The molecule has 16 heavy (non-hydrogen) atoms. The Balaban J connectivity index is 2.29. The number of methoxy groups -OCH3 is 1. The van der Waals surface area contributed by atoms with Crippen molar-refractivity contribution in [2.45, 2.75) is 38.6 Å². The highest BCUT2D eigenvalue weighted by Gasteiger charge is 2.42. The van der Waals surface area contributed by atoms with Crippen molar-refractivity contribution in [2.75, 3.05) is 7.11 Å². The van der Waals surface area contributed by atoms with Gasteiger partial charge in [0, 0.05) is 11.1 Å². The lowest BCUT2D eigenvalue weighted by molar-refractivity contribution is 0.139. The average molecular weight is 219 g/mol. The number of hydrogen-bond acceptors (Lipinski definition) is 2. The lowest BCUT2D eigenvalue weighted by Gasteiger charge is -2.45. The zero-order valence-electron chi connectivity index (χ0n) is 10.4. The smallest absolute Gasteiger partial charge is 0.123 e. The molecule has 0 heterocycles. The van der Waals surface area contributed by atoms with Gasteiger partial charge in [-0.2, -0.15) is 0 Å². The normalized spacial score (nSPS) is 28.6. The van der Waals surface area contributed by atoms with Crippen LogP contribution in [0.15, 0.2) is 18.2 Å². The maximum atomic E-state index is 6.46. The molecule has 0 radical (unpaired) electrons. The highest BCUT2D eigenvalue weighted by molar-refractivity contribution is 5.43. The molecule has 0 atom stereocenters. The van der Waals surface area contributed by atoms with E-state index in [1.165, 1.54) is 17.5 Å². The van der Waals surface area contributed by atoms with Crippen LogP contribution in [0, 0.1) is 12.8 Å². The van der Waals surface area contributed by atoms with E-state index in [0.29, 0.717) is 0 Å². The number of ether oxygens (including phenoxy) is 1. The van der Waals surface area contributed by atoms with Crippen LogP contribution in [0.4, 0.5) is 0 Å². The number of aryl methyl sites for hydroxylation is 1. The second-order valence-electron chi connectivity index (χ2n) is 5.04. The Labute approximate surface area is 97.8 Å². The number of benzene rings is 1. The molecule has 2 nitrogen and oxygen atoms in total. The van der Waals surface area contributed by atoms with Gasteiger partial charge in [0.15, 0.2) is 0 Å². The van der Waals surface area contributed by atoms with E-state index in [4.69, 9.17) is 10.5 Å². The van der Waals surface area contributed by atoms with Crippen molar-refractivity contribution >= 4 is 0 Å². The quantitative estimate of drug-likeness (QED) is 0.848. The van der Waals surface area contributed by atoms with Gasteiger partial charge in [0.1, 0.15) is 5.75 Å². The summed E-state index contributed by atoms with van der Waals surface area (Å²) in [5, 5.41) is 0. The second-order valence-corrected chi connectivity index (χ2v) is 5.04. The van der Waals surface area contributed by atoms with Crippen LogP contribution in [0.5, 0.6) is 5.75 Å². The first-order valence-electron chi connectivity index (χ1n) is 6.03. The van der Waals surface area contributed by atoms with E-state index in [9.17, 15) is 0 Å². The molecule has 2 heteroatoms. The molecule has 1 aromatic rings. The highest BCUT2D eigenvalue weighted by atomic mass is 16.5. The summed E-state index contributed by atoms with van der Waals surface area (Å²) < 4.78 is 5.41. The molecule has 1 aliphatic rings. The van der Waals surface area contributed by atoms with Gasteiger partial charge in [-0.15, -0.1) is 0 Å². The van der Waals surface area contributed by atoms with Gasteiger partial charge in [-0.05, 0) is 31.7 Å². The fourth-order valence-corrected chi connectivity index (χ4v) is 2.69. The second kappa shape index (κ2) is 4.10. The number of nitrogens with two attached hydrogens (primary N) is 1. The van der Waals surface area contributed by atoms with E-state index in [2.05, 4.69) is 26.0 Å². The van der Waals surface area contributed by atoms with Crippen molar-refractivity contribution in [1.29, 1.82) is 0 Å². The van der Waals surface area contributed by atoms with Gasteiger partial charge in [-0.1, -0.05) is 31.0 Å². The Morgan fingerprint density at radius 3 is 2.69 bits per heavy atom. The van der Waals surface area contributed by atoms with E-state index in [-0.39, 0.29) is 5.54 Å². The molecule has 88 valence electrons. The van der Waals surface area contributed by atoms with Crippen LogP contribution in [0.3, 0.4) is 0 Å². The summed E-state index contributed by atoms with van der Waals surface area (Å²) in [5.74, 6) is 1.72. The van der Waals surface area contributed by atoms with Crippen LogP contribution < -0.4 is 10.5 Å². The van der Waals surface area contributed by atoms with Gasteiger partial charge in [-0.3, -0.25) is 0 Å². The summed E-state index contributed by atoms with van der Waals surface area (Å²) in [7, 11) is 1.72. The van der Waals surface area contributed by atoms with Crippen molar-refractivity contribution in [1.82, 2.24) is 0 Å². The predicted octanol–water partition coefficient (Wildman–Crippen LogP) is 2.98. The number of rotatable bonds is 3. The Morgan fingerprint density at radius 1 is 1.44 bits per heavy atom. The molecule has 0 aromatic heterocycles. The van der Waals surface area contributed by atoms with Gasteiger partial charge in [-0.25, -0.2) is 0 Å². The van der Waals surface area contributed by atoms with Crippen LogP contribution in [-0.2, 0) is 5.54 Å². The average Bonchev–Trinajstić information content (AvgIpc) is 2.24. The van der Waals surface area contributed by atoms with Crippen molar-refractivity contribution < 1.29 is 4.74 Å². The van der Waals surface area contributed by atoms with Gasteiger partial charge in [0.25, 0.3) is 0 Å². The Kier molecular flexibility index (Phi) is 2.94. The maximum absolute atomic E-state index is 6.46. The summed E-state index contributed by atoms with van der Waals surface area (Å²) in [6, 6.07) is 6.27. The largest absolute Gasteiger partial charge is 0.496 e. The predicted molar refractivity (Wildman–Crippen MR) is 66.6 cm³/mol. The van der Waals surface area contributed by atoms with Crippen LogP contribution in [-0.4, -0.2) is 7.11 Å². The molecule has 0 aliphatic heterocycles. The molecule has 0 unspecified atom stereocenters. The minimum absolute atomic E-state index is 0.155. The monoisotopic (exact) mass is 219 g/mol. The Bertz CT molecular complexity index is 380. The van der Waals surface area contributed by atoms with E-state index < -0.39 is 0 Å². The zero-order chi connectivity index (χ0) is 11.8. The Morgan fingerprint density at radius 2 is 2.12 bits per heavy atom. The molecule has 0 spiro atoms. The summed E-state index contributed by atoms with van der Waals surface area (Å²) >= 11 is 0. The molecular formula is C14H21NO. The third-order valence-electron chi connectivity index (χ3n) is 3.77. The molecule has 0 saturated heterocycles. The van der Waals surface area contributed by atoms with Crippen molar-refractivity contribution in [3.63, 3.8) is 0 Å². The zero-order valence-corrected chi connectivity index (χ0v) is 10.4. The highest BCUT2D eigenvalue weighted by Crippen LogP contribution is 2.47. The summed E-state index contributed by atoms with van der Waals surface area (Å²) in [4.78, 5) is 0. The third kappa shape index (κ3) is 1.82. The minimum Gasteiger partial charge on any atom is -0.496 e. The van der Waals surface area contributed by atoms with Crippen LogP contribution >= 0.6 is 0 Å². The number of hydrogen-bond donors (Lipinski definition) is 1. The van der Waals surface area contributed by atoms with E-state index in [1.54, 1.807) is 7.11 Å². The van der Waals surface area contributed by atoms with Crippen molar-refractivity contribution in [2.24, 2.45) is 11.7 Å².